The lowest BCUT2D eigenvalue weighted by atomic mass is 10.2. The number of nitrogens with one attached hydrogen (secondary N) is 2. The first-order valence-electron chi connectivity index (χ1n) is 12.5. The van der Waals surface area contributed by atoms with Gasteiger partial charge in [0.05, 0.1) is 19.7 Å². The molecule has 196 valence electrons. The Morgan fingerprint density at radius 2 is 1.53 bits per heavy atom. The van der Waals surface area contributed by atoms with Crippen molar-refractivity contribution in [3.05, 3.63) is 78.4 Å². The Labute approximate surface area is 221 Å². The van der Waals surface area contributed by atoms with E-state index in [0.717, 1.165) is 41.1 Å². The summed E-state index contributed by atoms with van der Waals surface area (Å²) in [5, 5.41) is 7.33. The van der Waals surface area contributed by atoms with Crippen molar-refractivity contribution in [1.82, 2.24) is 25.2 Å². The van der Waals surface area contributed by atoms with Gasteiger partial charge in [-0.15, -0.1) is 0 Å². The van der Waals surface area contributed by atoms with Crippen LogP contribution in [0.3, 0.4) is 0 Å². The molecule has 5 rings (SSSR count). The summed E-state index contributed by atoms with van der Waals surface area (Å²) in [6, 6.07) is 15.6. The molecular weight excluding hydrogens is 482 g/mol. The van der Waals surface area contributed by atoms with Crippen molar-refractivity contribution >= 4 is 28.4 Å². The van der Waals surface area contributed by atoms with Gasteiger partial charge < -0.3 is 29.9 Å². The molecule has 0 unspecified atom stereocenters. The number of carbonyl (C=O) groups excluding carboxylic acids is 1. The first-order valence-corrected chi connectivity index (χ1v) is 12.5. The van der Waals surface area contributed by atoms with Gasteiger partial charge in [0, 0.05) is 68.8 Å². The highest BCUT2D eigenvalue weighted by atomic mass is 16.5. The summed E-state index contributed by atoms with van der Waals surface area (Å²) in [5.74, 6) is 2.08. The summed E-state index contributed by atoms with van der Waals surface area (Å²) in [7, 11) is 3.21. The average Bonchev–Trinajstić information content (AvgIpc) is 2.97. The number of fused-ring (bicyclic) bond motifs is 1. The van der Waals surface area contributed by atoms with Crippen LogP contribution in [-0.2, 0) is 13.1 Å². The van der Waals surface area contributed by atoms with Crippen molar-refractivity contribution in [1.29, 1.82) is 0 Å². The zero-order valence-electron chi connectivity index (χ0n) is 21.6. The number of pyridine rings is 1. The molecule has 2 aromatic heterocycles. The molecule has 0 radical (unpaired) electrons. The van der Waals surface area contributed by atoms with Crippen LogP contribution in [0.1, 0.15) is 11.1 Å². The van der Waals surface area contributed by atoms with Gasteiger partial charge in [0.15, 0.2) is 11.5 Å². The van der Waals surface area contributed by atoms with E-state index in [9.17, 15) is 4.79 Å². The molecule has 10 heteroatoms. The highest BCUT2D eigenvalue weighted by Crippen LogP contribution is 2.35. The summed E-state index contributed by atoms with van der Waals surface area (Å²) in [6.07, 6.45) is 5.14. The van der Waals surface area contributed by atoms with Crippen LogP contribution in [0, 0.1) is 0 Å². The van der Waals surface area contributed by atoms with E-state index >= 15 is 0 Å². The van der Waals surface area contributed by atoms with Gasteiger partial charge in [-0.1, -0.05) is 12.1 Å². The van der Waals surface area contributed by atoms with Gasteiger partial charge >= 0.3 is 6.03 Å². The molecule has 2 amide bonds. The lowest BCUT2D eigenvalue weighted by Gasteiger charge is -2.35. The highest BCUT2D eigenvalue weighted by molar-refractivity contribution is 5.92. The second-order valence-corrected chi connectivity index (χ2v) is 8.98. The Morgan fingerprint density at radius 1 is 0.868 bits per heavy atom. The van der Waals surface area contributed by atoms with E-state index in [4.69, 9.17) is 9.47 Å². The third-order valence-electron chi connectivity index (χ3n) is 6.60. The molecule has 0 atom stereocenters. The van der Waals surface area contributed by atoms with Crippen molar-refractivity contribution in [2.75, 3.05) is 50.6 Å². The minimum atomic E-state index is -0.104. The molecule has 38 heavy (non-hydrogen) atoms. The Morgan fingerprint density at radius 3 is 2.21 bits per heavy atom. The first kappa shape index (κ1) is 25.2. The summed E-state index contributed by atoms with van der Waals surface area (Å²) in [5.41, 5.74) is 3.90. The molecule has 2 N–H and O–H groups in total. The fourth-order valence-corrected chi connectivity index (χ4v) is 4.50. The van der Waals surface area contributed by atoms with E-state index in [-0.39, 0.29) is 6.03 Å². The molecule has 2 aromatic carbocycles. The molecule has 0 bridgehead atoms. The summed E-state index contributed by atoms with van der Waals surface area (Å²) >= 11 is 0. The number of ether oxygens (including phenoxy) is 2. The number of piperazine rings is 1. The van der Waals surface area contributed by atoms with Gasteiger partial charge in [-0.25, -0.2) is 14.8 Å². The average molecular weight is 514 g/mol. The quantitative estimate of drug-likeness (QED) is 0.368. The van der Waals surface area contributed by atoms with Crippen molar-refractivity contribution in [3.8, 4) is 11.5 Å². The molecule has 0 saturated carbocycles. The molecule has 4 aromatic rings. The van der Waals surface area contributed by atoms with Crippen LogP contribution in [0.4, 0.5) is 16.3 Å². The number of amides is 2. The third kappa shape index (κ3) is 5.76. The van der Waals surface area contributed by atoms with E-state index in [2.05, 4.69) is 30.5 Å². The van der Waals surface area contributed by atoms with Crippen molar-refractivity contribution in [2.45, 2.75) is 13.1 Å². The van der Waals surface area contributed by atoms with Crippen LogP contribution in [0.15, 0.2) is 67.3 Å². The van der Waals surface area contributed by atoms with Gasteiger partial charge in [-0.3, -0.25) is 4.98 Å². The molecule has 1 saturated heterocycles. The van der Waals surface area contributed by atoms with Gasteiger partial charge in [-0.2, -0.15) is 0 Å². The number of rotatable bonds is 8. The summed E-state index contributed by atoms with van der Waals surface area (Å²) < 4.78 is 10.9. The highest BCUT2D eigenvalue weighted by Gasteiger charge is 2.24. The zero-order chi connectivity index (χ0) is 26.3. The minimum absolute atomic E-state index is 0.104. The molecule has 1 aliphatic heterocycles. The molecule has 10 nitrogen and oxygen atoms in total. The number of nitrogens with zero attached hydrogens (tertiary/aromatic N) is 5. The number of hydrogen-bond donors (Lipinski definition) is 2. The normalized spacial score (nSPS) is 13.4. The van der Waals surface area contributed by atoms with Crippen molar-refractivity contribution < 1.29 is 14.3 Å². The van der Waals surface area contributed by atoms with E-state index in [0.29, 0.717) is 37.7 Å². The van der Waals surface area contributed by atoms with Crippen LogP contribution >= 0.6 is 0 Å². The molecule has 0 spiro atoms. The maximum Gasteiger partial charge on any atom is 0.321 e. The number of urea groups is 1. The molecule has 1 aliphatic rings. The van der Waals surface area contributed by atoms with Crippen LogP contribution < -0.4 is 25.0 Å². The fraction of sp³-hybridized carbons (Fsp3) is 0.286. The largest absolute Gasteiger partial charge is 0.493 e. The van der Waals surface area contributed by atoms with Crippen LogP contribution in [-0.4, -0.2) is 66.3 Å². The van der Waals surface area contributed by atoms with Crippen molar-refractivity contribution in [3.63, 3.8) is 0 Å². The second-order valence-electron chi connectivity index (χ2n) is 8.98. The van der Waals surface area contributed by atoms with E-state index < -0.39 is 0 Å². The smallest absolute Gasteiger partial charge is 0.321 e. The van der Waals surface area contributed by atoms with E-state index in [1.807, 2.05) is 53.4 Å². The van der Waals surface area contributed by atoms with Gasteiger partial charge in [0.25, 0.3) is 0 Å². The molecular formula is C28H31N7O3. The molecule has 0 aliphatic carbocycles. The Balaban J connectivity index is 1.15. The third-order valence-corrected chi connectivity index (χ3v) is 6.60. The first-order chi connectivity index (χ1) is 18.6. The zero-order valence-corrected chi connectivity index (χ0v) is 21.6. The Bertz CT molecular complexity index is 1370. The SMILES string of the molecule is COc1cc2ncnc(N3CCN(C(=O)Nc4ccc(CNCc5ccncc5)cc4)CC3)c2cc1OC. The Kier molecular flexibility index (Phi) is 7.79. The number of methoxy groups -OCH3 is 2. The molecule has 3 heterocycles. The number of carbonyl (C=O) groups is 1. The monoisotopic (exact) mass is 513 g/mol. The lowest BCUT2D eigenvalue weighted by molar-refractivity contribution is 0.208. The van der Waals surface area contributed by atoms with E-state index in [1.165, 1.54) is 5.56 Å². The van der Waals surface area contributed by atoms with Crippen molar-refractivity contribution in [2.24, 2.45) is 0 Å². The van der Waals surface area contributed by atoms with Crippen LogP contribution in [0.2, 0.25) is 0 Å². The number of aromatic nitrogens is 3. The number of benzene rings is 2. The standard InChI is InChI=1S/C28H31N7O3/c1-37-25-15-23-24(16-26(25)38-2)31-19-32-27(23)34-11-13-35(14-12-34)28(36)33-22-5-3-20(4-6-22)17-30-18-21-7-9-29-10-8-21/h3-10,15-16,19,30H,11-14,17-18H2,1-2H3,(H,33,36). The van der Waals surface area contributed by atoms with Crippen LogP contribution in [0.25, 0.3) is 10.9 Å². The number of anilines is 2. The Hall–Kier alpha value is -4.44. The topological polar surface area (TPSA) is 105 Å². The van der Waals surface area contributed by atoms with Gasteiger partial charge in [0.1, 0.15) is 12.1 Å². The maximum absolute atomic E-state index is 12.9. The molecule has 1 fully saturated rings. The number of hydrogen-bond acceptors (Lipinski definition) is 8. The predicted octanol–water partition coefficient (Wildman–Crippen LogP) is 3.69. The maximum atomic E-state index is 12.9. The van der Waals surface area contributed by atoms with Crippen LogP contribution in [0.5, 0.6) is 11.5 Å². The second kappa shape index (κ2) is 11.7. The fourth-order valence-electron chi connectivity index (χ4n) is 4.50. The minimum Gasteiger partial charge on any atom is -0.493 e. The van der Waals surface area contributed by atoms with Gasteiger partial charge in [0.2, 0.25) is 0 Å². The van der Waals surface area contributed by atoms with E-state index in [1.54, 1.807) is 32.9 Å². The summed E-state index contributed by atoms with van der Waals surface area (Å²) in [4.78, 5) is 29.9. The lowest BCUT2D eigenvalue weighted by Crippen LogP contribution is -2.50. The summed E-state index contributed by atoms with van der Waals surface area (Å²) in [6.45, 7) is 4.02. The predicted molar refractivity (Wildman–Crippen MR) is 147 cm³/mol. The van der Waals surface area contributed by atoms with Gasteiger partial charge in [-0.05, 0) is 41.5 Å².